The molecule has 1 aliphatic rings. The van der Waals surface area contributed by atoms with Gasteiger partial charge in [-0.25, -0.2) is 13.5 Å². The molecule has 3 nitrogen and oxygen atoms in total. The maximum atomic E-state index is 6.30. The van der Waals surface area contributed by atoms with Gasteiger partial charge in [0.25, 0.3) is 0 Å². The van der Waals surface area contributed by atoms with E-state index in [0.717, 1.165) is 0 Å². The lowest BCUT2D eigenvalue weighted by molar-refractivity contribution is 1.40. The SMILES string of the molecule is Cc1cc(C)cc(P2(c3ccccc3)=NP(c3ccccc3)(c3cc(C)cc(C)c3)=NP(c3ccccc3)(c3cc(C)cc(C)c3)=N2)c1. The molecule has 0 atom stereocenters. The van der Waals surface area contributed by atoms with Crippen molar-refractivity contribution < 1.29 is 0 Å². The van der Waals surface area contributed by atoms with Crippen LogP contribution in [0.15, 0.2) is 159 Å². The smallest absolute Gasteiger partial charge is 0.138 e. The van der Waals surface area contributed by atoms with Crippen LogP contribution >= 0.6 is 21.6 Å². The fraction of sp³-hybridized carbons (Fsp3) is 0.143. The normalized spacial score (nSPS) is 21.9. The van der Waals surface area contributed by atoms with Crippen molar-refractivity contribution in [1.29, 1.82) is 0 Å². The zero-order valence-corrected chi connectivity index (χ0v) is 31.2. The highest BCUT2D eigenvalue weighted by Gasteiger charge is 2.42. The fourth-order valence-electron chi connectivity index (χ4n) is 6.98. The van der Waals surface area contributed by atoms with Gasteiger partial charge in [-0.15, -0.1) is 0 Å². The van der Waals surface area contributed by atoms with Crippen molar-refractivity contribution >= 4 is 53.4 Å². The van der Waals surface area contributed by atoms with E-state index < -0.39 is 21.6 Å². The van der Waals surface area contributed by atoms with Gasteiger partial charge in [-0.05, 0) is 77.9 Å². The maximum absolute atomic E-state index is 6.30. The van der Waals surface area contributed by atoms with Crippen LogP contribution in [0.5, 0.6) is 0 Å². The summed E-state index contributed by atoms with van der Waals surface area (Å²) in [6, 6.07) is 53.5. The Bertz CT molecular complexity index is 1980. The molecule has 0 saturated heterocycles. The van der Waals surface area contributed by atoms with E-state index in [2.05, 4.69) is 187 Å². The number of hydrogen-bond acceptors (Lipinski definition) is 3. The summed E-state index contributed by atoms with van der Waals surface area (Å²) < 4.78 is 18.9. The molecule has 0 saturated carbocycles. The Morgan fingerprint density at radius 2 is 0.479 bits per heavy atom. The first-order valence-electron chi connectivity index (χ1n) is 16.5. The van der Waals surface area contributed by atoms with Crippen LogP contribution in [-0.4, -0.2) is 0 Å². The summed E-state index contributed by atoms with van der Waals surface area (Å²) in [5.41, 5.74) is 7.32. The van der Waals surface area contributed by atoms with Crippen molar-refractivity contribution in [2.45, 2.75) is 41.5 Å². The van der Waals surface area contributed by atoms with Gasteiger partial charge in [0, 0.05) is 31.8 Å². The second-order valence-corrected chi connectivity index (χ2v) is 22.0. The molecule has 0 spiro atoms. The molecule has 0 N–H and O–H groups in total. The highest BCUT2D eigenvalue weighted by atomic mass is 31.3. The molecule has 0 aromatic heterocycles. The van der Waals surface area contributed by atoms with Gasteiger partial charge in [0.15, 0.2) is 0 Å². The molecule has 1 heterocycles. The maximum Gasteiger partial charge on any atom is 0.138 e. The monoisotopic (exact) mass is 681 g/mol. The number of hydrogen-bond donors (Lipinski definition) is 0. The average molecular weight is 682 g/mol. The minimum Gasteiger partial charge on any atom is -0.223 e. The van der Waals surface area contributed by atoms with Crippen LogP contribution in [0.3, 0.4) is 0 Å². The Labute approximate surface area is 286 Å². The van der Waals surface area contributed by atoms with Gasteiger partial charge in [-0.3, -0.25) is 0 Å². The van der Waals surface area contributed by atoms with Gasteiger partial charge in [0.2, 0.25) is 0 Å². The summed E-state index contributed by atoms with van der Waals surface area (Å²) in [5, 5.41) is 7.07. The first-order valence-corrected chi connectivity index (χ1v) is 21.6. The molecule has 0 aliphatic carbocycles. The van der Waals surface area contributed by atoms with Crippen molar-refractivity contribution in [3.05, 3.63) is 179 Å². The molecule has 0 unspecified atom stereocenters. The summed E-state index contributed by atoms with van der Waals surface area (Å²) in [5.74, 6) is 0. The molecular weight excluding hydrogens is 639 g/mol. The van der Waals surface area contributed by atoms with Crippen LogP contribution in [0.1, 0.15) is 33.4 Å². The second kappa shape index (κ2) is 12.8. The van der Waals surface area contributed by atoms with E-state index in [4.69, 9.17) is 13.5 Å². The Hall–Kier alpha value is -3.99. The van der Waals surface area contributed by atoms with Crippen molar-refractivity contribution in [1.82, 2.24) is 0 Å². The Morgan fingerprint density at radius 1 is 0.271 bits per heavy atom. The summed E-state index contributed by atoms with van der Waals surface area (Å²) >= 11 is 0. The first kappa shape index (κ1) is 32.6. The summed E-state index contributed by atoms with van der Waals surface area (Å²) in [4.78, 5) is 0. The molecular formula is C42H42N3P3. The Morgan fingerprint density at radius 3 is 0.688 bits per heavy atom. The van der Waals surface area contributed by atoms with Crippen LogP contribution in [0.4, 0.5) is 0 Å². The van der Waals surface area contributed by atoms with E-state index in [1.54, 1.807) is 0 Å². The molecule has 0 fully saturated rings. The molecule has 0 radical (unpaired) electrons. The molecule has 6 aromatic carbocycles. The van der Waals surface area contributed by atoms with Crippen LogP contribution < -0.4 is 31.8 Å². The predicted octanol–water partition coefficient (Wildman–Crippen LogP) is 10.2. The first-order chi connectivity index (χ1) is 23.1. The number of nitrogens with zero attached hydrogens (tertiary/aromatic N) is 3. The van der Waals surface area contributed by atoms with Gasteiger partial charge in [0.1, 0.15) is 21.6 Å². The summed E-state index contributed by atoms with van der Waals surface area (Å²) in [6.07, 6.45) is 0. The zero-order chi connectivity index (χ0) is 33.5. The van der Waals surface area contributed by atoms with Gasteiger partial charge in [0.05, 0.1) is 0 Å². The Kier molecular flexibility index (Phi) is 8.68. The third-order valence-electron chi connectivity index (χ3n) is 8.82. The van der Waals surface area contributed by atoms with Crippen molar-refractivity contribution in [2.75, 3.05) is 0 Å². The van der Waals surface area contributed by atoms with E-state index in [0.29, 0.717) is 0 Å². The highest BCUT2D eigenvalue weighted by molar-refractivity contribution is 8.00. The Balaban J connectivity index is 1.85. The van der Waals surface area contributed by atoms with E-state index in [1.807, 2.05) is 0 Å². The summed E-state index contributed by atoms with van der Waals surface area (Å²) in [7, 11) is -8.58. The molecule has 0 amide bonds. The van der Waals surface area contributed by atoms with E-state index in [9.17, 15) is 0 Å². The van der Waals surface area contributed by atoms with Crippen LogP contribution in [0.25, 0.3) is 0 Å². The minimum atomic E-state index is -2.86. The third kappa shape index (κ3) is 5.84. The van der Waals surface area contributed by atoms with Crippen LogP contribution in [0, 0.1) is 41.5 Å². The van der Waals surface area contributed by atoms with Crippen molar-refractivity contribution in [3.63, 3.8) is 0 Å². The largest absolute Gasteiger partial charge is 0.223 e. The molecule has 6 aromatic rings. The molecule has 1 aliphatic heterocycles. The predicted molar refractivity (Wildman–Crippen MR) is 213 cm³/mol. The lowest BCUT2D eigenvalue weighted by atomic mass is 10.2. The van der Waals surface area contributed by atoms with E-state index in [-0.39, 0.29) is 0 Å². The second-order valence-electron chi connectivity index (χ2n) is 13.1. The van der Waals surface area contributed by atoms with Crippen LogP contribution in [0.2, 0.25) is 0 Å². The molecule has 7 rings (SSSR count). The standard InChI is InChI=1S/C42H42N3P3/c1-31-22-32(2)26-40(25-31)46(37-16-10-7-11-17-37)43-47(38-18-12-8-13-19-38,41-27-33(3)23-34(4)28-41)45-48(44-46,39-20-14-9-15-21-39)42-29-35(5)24-36(6)30-42/h7-30H,1-6H3. The van der Waals surface area contributed by atoms with E-state index >= 15 is 0 Å². The number of aryl methyl sites for hydroxylation is 6. The van der Waals surface area contributed by atoms with Gasteiger partial charge < -0.3 is 0 Å². The molecule has 48 heavy (non-hydrogen) atoms. The fourth-order valence-corrected chi connectivity index (χ4v) is 22.8. The number of rotatable bonds is 6. The van der Waals surface area contributed by atoms with Crippen molar-refractivity contribution in [2.24, 2.45) is 13.5 Å². The summed E-state index contributed by atoms with van der Waals surface area (Å²) in [6.45, 7) is 13.2. The topological polar surface area (TPSA) is 37.1 Å². The van der Waals surface area contributed by atoms with Crippen LogP contribution in [-0.2, 0) is 0 Å². The molecule has 6 heteroatoms. The zero-order valence-electron chi connectivity index (χ0n) is 28.5. The van der Waals surface area contributed by atoms with Gasteiger partial charge in [-0.2, -0.15) is 0 Å². The van der Waals surface area contributed by atoms with Gasteiger partial charge >= 0.3 is 0 Å². The average Bonchev–Trinajstić information content (AvgIpc) is 3.08. The lowest BCUT2D eigenvalue weighted by Crippen LogP contribution is -2.25. The highest BCUT2D eigenvalue weighted by Crippen LogP contribution is 2.76. The number of benzene rings is 6. The lowest BCUT2D eigenvalue weighted by Gasteiger charge is -2.38. The molecule has 0 bridgehead atoms. The minimum absolute atomic E-state index is 1.17. The third-order valence-corrected chi connectivity index (χ3v) is 21.0. The van der Waals surface area contributed by atoms with Gasteiger partial charge in [-0.1, -0.05) is 143 Å². The van der Waals surface area contributed by atoms with Crippen molar-refractivity contribution in [3.8, 4) is 0 Å². The molecule has 240 valence electrons. The van der Waals surface area contributed by atoms with E-state index in [1.165, 1.54) is 65.2 Å². The quantitative estimate of drug-likeness (QED) is 0.157.